The van der Waals surface area contributed by atoms with Gasteiger partial charge in [0.25, 0.3) is 0 Å². The Morgan fingerprint density at radius 2 is 1.79 bits per heavy atom. The van der Waals surface area contributed by atoms with Crippen LogP contribution in [0.15, 0.2) is 60.8 Å². The first-order valence-corrected chi connectivity index (χ1v) is 6.19. The van der Waals surface area contributed by atoms with E-state index in [2.05, 4.69) is 5.32 Å². The van der Waals surface area contributed by atoms with Gasteiger partial charge in [-0.25, -0.2) is 0 Å². The van der Waals surface area contributed by atoms with Crippen LogP contribution in [0.25, 0.3) is 5.52 Å². The van der Waals surface area contributed by atoms with Crippen molar-refractivity contribution < 1.29 is 4.79 Å². The molecule has 3 nitrogen and oxygen atoms in total. The van der Waals surface area contributed by atoms with Crippen molar-refractivity contribution in [1.29, 1.82) is 0 Å². The maximum absolute atomic E-state index is 12.5. The molecule has 0 fully saturated rings. The molecule has 0 aliphatic heterocycles. The third kappa shape index (κ3) is 1.89. The van der Waals surface area contributed by atoms with E-state index in [1.165, 1.54) is 0 Å². The van der Waals surface area contributed by atoms with E-state index in [0.29, 0.717) is 11.3 Å². The van der Waals surface area contributed by atoms with Crippen LogP contribution in [0.1, 0.15) is 16.1 Å². The summed E-state index contributed by atoms with van der Waals surface area (Å²) in [5.74, 6) is 0.0360. The predicted octanol–water partition coefficient (Wildman–Crippen LogP) is 3.21. The summed E-state index contributed by atoms with van der Waals surface area (Å²) in [4.78, 5) is 12.5. The Morgan fingerprint density at radius 1 is 1.00 bits per heavy atom. The zero-order valence-corrected chi connectivity index (χ0v) is 10.6. The lowest BCUT2D eigenvalue weighted by Gasteiger charge is -2.06. The molecule has 2 heterocycles. The number of benzene rings is 1. The Bertz CT molecular complexity index is 729. The van der Waals surface area contributed by atoms with Gasteiger partial charge in [0.1, 0.15) is 0 Å². The lowest BCUT2D eigenvalue weighted by atomic mass is 10.1. The first-order chi connectivity index (χ1) is 9.31. The molecule has 3 heteroatoms. The van der Waals surface area contributed by atoms with Gasteiger partial charge in [0.2, 0.25) is 5.78 Å². The molecule has 0 aliphatic carbocycles. The molecule has 2 aromatic heterocycles. The normalized spacial score (nSPS) is 10.6. The topological polar surface area (TPSA) is 33.5 Å². The van der Waals surface area contributed by atoms with Crippen molar-refractivity contribution in [2.75, 3.05) is 12.4 Å². The van der Waals surface area contributed by atoms with Crippen LogP contribution in [0.5, 0.6) is 0 Å². The summed E-state index contributed by atoms with van der Waals surface area (Å²) in [6.45, 7) is 0. The first kappa shape index (κ1) is 11.5. The SMILES string of the molecule is CNc1cccn2c(C(=O)c3ccccc3)ccc12. The average molecular weight is 250 g/mol. The van der Waals surface area contributed by atoms with Gasteiger partial charge >= 0.3 is 0 Å². The van der Waals surface area contributed by atoms with Gasteiger partial charge in [-0.3, -0.25) is 4.79 Å². The van der Waals surface area contributed by atoms with Gasteiger partial charge in [0.15, 0.2) is 0 Å². The second-order valence-electron chi connectivity index (χ2n) is 4.34. The summed E-state index contributed by atoms with van der Waals surface area (Å²) < 4.78 is 1.92. The number of pyridine rings is 1. The molecule has 0 atom stereocenters. The number of hydrogen-bond donors (Lipinski definition) is 1. The van der Waals surface area contributed by atoms with Crippen molar-refractivity contribution >= 4 is 17.0 Å². The molecule has 3 aromatic rings. The predicted molar refractivity (Wildman–Crippen MR) is 76.8 cm³/mol. The maximum atomic E-state index is 12.5. The van der Waals surface area contributed by atoms with Gasteiger partial charge in [-0.1, -0.05) is 30.3 Å². The second kappa shape index (κ2) is 4.61. The monoisotopic (exact) mass is 250 g/mol. The molecule has 0 spiro atoms. The van der Waals surface area contributed by atoms with Crippen molar-refractivity contribution in [2.45, 2.75) is 0 Å². The van der Waals surface area contributed by atoms with Gasteiger partial charge < -0.3 is 9.72 Å². The zero-order valence-electron chi connectivity index (χ0n) is 10.6. The highest BCUT2D eigenvalue weighted by molar-refractivity contribution is 6.08. The van der Waals surface area contributed by atoms with E-state index in [0.717, 1.165) is 11.2 Å². The fraction of sp³-hybridized carbons (Fsp3) is 0.0625. The fourth-order valence-corrected chi connectivity index (χ4v) is 2.27. The summed E-state index contributed by atoms with van der Waals surface area (Å²) in [6.07, 6.45) is 1.91. The average Bonchev–Trinajstić information content (AvgIpc) is 2.91. The molecule has 3 rings (SSSR count). The van der Waals surface area contributed by atoms with Gasteiger partial charge in [0.05, 0.1) is 16.9 Å². The highest BCUT2D eigenvalue weighted by Gasteiger charge is 2.13. The lowest BCUT2D eigenvalue weighted by molar-refractivity contribution is 0.103. The van der Waals surface area contributed by atoms with E-state index in [9.17, 15) is 4.79 Å². The summed E-state index contributed by atoms with van der Waals surface area (Å²) in [5, 5.41) is 3.13. The molecule has 1 aromatic carbocycles. The van der Waals surface area contributed by atoms with Crippen molar-refractivity contribution in [1.82, 2.24) is 4.40 Å². The van der Waals surface area contributed by atoms with Crippen molar-refractivity contribution in [3.8, 4) is 0 Å². The van der Waals surface area contributed by atoms with E-state index in [1.54, 1.807) is 0 Å². The van der Waals surface area contributed by atoms with E-state index in [1.807, 2.05) is 72.2 Å². The van der Waals surface area contributed by atoms with Crippen molar-refractivity contribution in [2.24, 2.45) is 0 Å². The smallest absolute Gasteiger partial charge is 0.209 e. The number of nitrogens with one attached hydrogen (secondary N) is 1. The molecule has 94 valence electrons. The van der Waals surface area contributed by atoms with Crippen LogP contribution in [0.2, 0.25) is 0 Å². The largest absolute Gasteiger partial charge is 0.386 e. The summed E-state index contributed by atoms with van der Waals surface area (Å²) in [5.41, 5.74) is 3.40. The standard InChI is InChI=1S/C16H14N2O/c1-17-13-8-5-11-18-14(13)9-10-15(18)16(19)12-6-3-2-4-7-12/h2-11,17H,1H3. The molecule has 0 unspecified atom stereocenters. The van der Waals surface area contributed by atoms with Crippen LogP contribution in [-0.2, 0) is 0 Å². The van der Waals surface area contributed by atoms with Gasteiger partial charge in [-0.05, 0) is 24.3 Å². The molecule has 0 amide bonds. The Kier molecular flexibility index (Phi) is 2.80. The summed E-state index contributed by atoms with van der Waals surface area (Å²) in [6, 6.07) is 17.1. The van der Waals surface area contributed by atoms with Crippen LogP contribution in [0.4, 0.5) is 5.69 Å². The van der Waals surface area contributed by atoms with Gasteiger partial charge in [-0.15, -0.1) is 0 Å². The number of nitrogens with zero attached hydrogens (tertiary/aromatic N) is 1. The molecule has 19 heavy (non-hydrogen) atoms. The Hall–Kier alpha value is -2.55. The van der Waals surface area contributed by atoms with E-state index in [4.69, 9.17) is 0 Å². The van der Waals surface area contributed by atoms with Crippen LogP contribution in [0, 0.1) is 0 Å². The first-order valence-electron chi connectivity index (χ1n) is 6.19. The molecule has 0 saturated heterocycles. The molecule has 0 bridgehead atoms. The maximum Gasteiger partial charge on any atom is 0.209 e. The number of hydrogen-bond acceptors (Lipinski definition) is 2. The van der Waals surface area contributed by atoms with Crippen LogP contribution >= 0.6 is 0 Å². The lowest BCUT2D eigenvalue weighted by Crippen LogP contribution is -2.05. The van der Waals surface area contributed by atoms with E-state index >= 15 is 0 Å². The van der Waals surface area contributed by atoms with Crippen molar-refractivity contribution in [3.05, 3.63) is 72.1 Å². The number of carbonyl (C=O) groups excluding carboxylic acids is 1. The van der Waals surface area contributed by atoms with Gasteiger partial charge in [-0.2, -0.15) is 0 Å². The summed E-state index contributed by atoms with van der Waals surface area (Å²) in [7, 11) is 1.88. The van der Waals surface area contributed by atoms with E-state index in [-0.39, 0.29) is 5.78 Å². The third-order valence-corrected chi connectivity index (χ3v) is 3.23. The Balaban J connectivity index is 2.14. The number of carbonyl (C=O) groups is 1. The minimum absolute atomic E-state index is 0.0360. The quantitative estimate of drug-likeness (QED) is 0.724. The molecular weight excluding hydrogens is 236 g/mol. The molecule has 1 N–H and O–H groups in total. The highest BCUT2D eigenvalue weighted by atomic mass is 16.1. The van der Waals surface area contributed by atoms with Crippen LogP contribution in [-0.4, -0.2) is 17.2 Å². The molecular formula is C16H14N2O. The Labute approximate surface area is 111 Å². The van der Waals surface area contributed by atoms with Crippen LogP contribution < -0.4 is 5.32 Å². The van der Waals surface area contributed by atoms with Crippen molar-refractivity contribution in [3.63, 3.8) is 0 Å². The number of rotatable bonds is 3. The Morgan fingerprint density at radius 3 is 2.53 bits per heavy atom. The molecule has 0 radical (unpaired) electrons. The zero-order chi connectivity index (χ0) is 13.2. The number of aromatic nitrogens is 1. The minimum Gasteiger partial charge on any atom is -0.386 e. The molecule has 0 aliphatic rings. The number of ketones is 1. The third-order valence-electron chi connectivity index (χ3n) is 3.23. The minimum atomic E-state index is 0.0360. The number of fused-ring (bicyclic) bond motifs is 1. The van der Waals surface area contributed by atoms with Crippen LogP contribution in [0.3, 0.4) is 0 Å². The highest BCUT2D eigenvalue weighted by Crippen LogP contribution is 2.21. The summed E-state index contributed by atoms with van der Waals surface area (Å²) >= 11 is 0. The molecule has 0 saturated carbocycles. The number of anilines is 1. The van der Waals surface area contributed by atoms with E-state index < -0.39 is 0 Å². The fourth-order valence-electron chi connectivity index (χ4n) is 2.27. The second-order valence-corrected chi connectivity index (χ2v) is 4.34. The van der Waals surface area contributed by atoms with Gasteiger partial charge in [0, 0.05) is 18.8 Å².